The lowest BCUT2D eigenvalue weighted by atomic mass is 10.1. The number of hydrogen-bond donors (Lipinski definition) is 2. The number of aliphatic carboxylic acids is 1. The first-order valence-corrected chi connectivity index (χ1v) is 6.22. The fourth-order valence-corrected chi connectivity index (χ4v) is 1.42. The van der Waals surface area contributed by atoms with Gasteiger partial charge in [0.1, 0.15) is 11.7 Å². The molecule has 0 saturated carbocycles. The third-order valence-corrected chi connectivity index (χ3v) is 2.62. The van der Waals surface area contributed by atoms with Gasteiger partial charge in [0.2, 0.25) is 5.91 Å². The van der Waals surface area contributed by atoms with Gasteiger partial charge < -0.3 is 15.2 Å². The minimum Gasteiger partial charge on any atom is -0.491 e. The lowest BCUT2D eigenvalue weighted by Crippen LogP contribution is -2.27. The Labute approximate surface area is 112 Å². The maximum Gasteiger partial charge on any atom is 0.315 e. The van der Waals surface area contributed by atoms with Crippen LogP contribution < -0.4 is 10.1 Å². The van der Waals surface area contributed by atoms with Crippen LogP contribution in [0, 0.1) is 12.8 Å². The zero-order valence-corrected chi connectivity index (χ0v) is 11.4. The Morgan fingerprint density at radius 3 is 2.68 bits per heavy atom. The molecular weight excluding hydrogens is 246 g/mol. The quantitative estimate of drug-likeness (QED) is 0.775. The molecule has 1 aromatic rings. The number of carboxylic acid groups (broad SMARTS) is 1. The highest BCUT2D eigenvalue weighted by atomic mass is 16.5. The molecule has 1 atom stereocenters. The van der Waals surface area contributed by atoms with Gasteiger partial charge in [-0.05, 0) is 38.0 Å². The van der Waals surface area contributed by atoms with Crippen molar-refractivity contribution in [3.05, 3.63) is 23.8 Å². The van der Waals surface area contributed by atoms with Gasteiger partial charge in [-0.3, -0.25) is 9.59 Å². The second-order valence-corrected chi connectivity index (χ2v) is 4.40. The number of nitrogens with one attached hydrogen (secondary N) is 1. The van der Waals surface area contributed by atoms with E-state index >= 15 is 0 Å². The molecule has 0 fully saturated rings. The first-order valence-electron chi connectivity index (χ1n) is 6.22. The molecule has 0 radical (unpaired) electrons. The molecule has 0 saturated heterocycles. The fourth-order valence-electron chi connectivity index (χ4n) is 1.42. The van der Waals surface area contributed by atoms with Gasteiger partial charge in [-0.25, -0.2) is 0 Å². The predicted octanol–water partition coefficient (Wildman–Crippen LogP) is 2.44. The first-order chi connectivity index (χ1) is 8.95. The Bertz CT molecular complexity index is 471. The summed E-state index contributed by atoms with van der Waals surface area (Å²) in [7, 11) is 0. The van der Waals surface area contributed by atoms with Crippen molar-refractivity contribution >= 4 is 17.6 Å². The van der Waals surface area contributed by atoms with Crippen LogP contribution in [0.1, 0.15) is 25.8 Å². The molecule has 1 amide bonds. The monoisotopic (exact) mass is 265 g/mol. The summed E-state index contributed by atoms with van der Waals surface area (Å²) in [5.74, 6) is -2.24. The predicted molar refractivity (Wildman–Crippen MR) is 72.4 cm³/mol. The molecule has 0 aliphatic rings. The zero-order chi connectivity index (χ0) is 14.4. The number of amides is 1. The Hall–Kier alpha value is -2.04. The van der Waals surface area contributed by atoms with Crippen LogP contribution in [-0.2, 0) is 9.59 Å². The molecule has 2 N–H and O–H groups in total. The van der Waals surface area contributed by atoms with E-state index < -0.39 is 17.8 Å². The summed E-state index contributed by atoms with van der Waals surface area (Å²) in [6, 6.07) is 5.36. The minimum atomic E-state index is -1.15. The number of carboxylic acids is 1. The summed E-state index contributed by atoms with van der Waals surface area (Å²) in [6.45, 7) is 5.80. The molecule has 0 aromatic heterocycles. The molecule has 5 nitrogen and oxygen atoms in total. The van der Waals surface area contributed by atoms with Crippen molar-refractivity contribution in [1.29, 1.82) is 0 Å². The number of hydrogen-bond acceptors (Lipinski definition) is 3. The summed E-state index contributed by atoms with van der Waals surface area (Å²) in [4.78, 5) is 22.5. The van der Waals surface area contributed by atoms with E-state index in [2.05, 4.69) is 5.32 Å². The van der Waals surface area contributed by atoms with Gasteiger partial charge in [0, 0.05) is 0 Å². The van der Waals surface area contributed by atoms with E-state index in [1.54, 1.807) is 6.07 Å². The van der Waals surface area contributed by atoms with Crippen molar-refractivity contribution in [2.45, 2.75) is 27.2 Å². The number of carbonyl (C=O) groups is 2. The van der Waals surface area contributed by atoms with Crippen LogP contribution in [-0.4, -0.2) is 23.6 Å². The van der Waals surface area contributed by atoms with E-state index in [4.69, 9.17) is 9.84 Å². The Morgan fingerprint density at radius 1 is 1.42 bits per heavy atom. The highest BCUT2D eigenvalue weighted by molar-refractivity contribution is 6.04. The standard InChI is InChI=1S/C14H19NO4/c1-4-7-19-12-8-9(2)5-6-11(12)15-13(16)10(3)14(17)18/h5-6,8,10H,4,7H2,1-3H3,(H,15,16)(H,17,18). The molecule has 0 heterocycles. The Morgan fingerprint density at radius 2 is 2.11 bits per heavy atom. The van der Waals surface area contributed by atoms with E-state index in [0.29, 0.717) is 18.0 Å². The average Bonchev–Trinajstić information content (AvgIpc) is 2.37. The maximum atomic E-state index is 11.7. The van der Waals surface area contributed by atoms with Crippen molar-refractivity contribution in [2.75, 3.05) is 11.9 Å². The topological polar surface area (TPSA) is 75.6 Å². The number of aryl methyl sites for hydroxylation is 1. The lowest BCUT2D eigenvalue weighted by molar-refractivity contribution is -0.144. The van der Waals surface area contributed by atoms with Gasteiger partial charge in [0.05, 0.1) is 12.3 Å². The molecule has 0 aliphatic carbocycles. The van der Waals surface area contributed by atoms with Gasteiger partial charge in [-0.2, -0.15) is 0 Å². The highest BCUT2D eigenvalue weighted by Gasteiger charge is 2.21. The number of rotatable bonds is 6. The van der Waals surface area contributed by atoms with Crippen LogP contribution in [0.3, 0.4) is 0 Å². The van der Waals surface area contributed by atoms with Crippen LogP contribution >= 0.6 is 0 Å². The lowest BCUT2D eigenvalue weighted by Gasteiger charge is -2.14. The molecule has 1 rings (SSSR count). The molecule has 0 spiro atoms. The smallest absolute Gasteiger partial charge is 0.315 e. The van der Waals surface area contributed by atoms with E-state index in [1.165, 1.54) is 6.92 Å². The first kappa shape index (κ1) is 15.0. The summed E-state index contributed by atoms with van der Waals surface area (Å²) in [5, 5.41) is 11.4. The third kappa shape index (κ3) is 4.28. The highest BCUT2D eigenvalue weighted by Crippen LogP contribution is 2.26. The molecule has 0 bridgehead atoms. The normalized spacial score (nSPS) is 11.7. The maximum absolute atomic E-state index is 11.7. The largest absolute Gasteiger partial charge is 0.491 e. The van der Waals surface area contributed by atoms with Gasteiger partial charge in [0.25, 0.3) is 0 Å². The van der Waals surface area contributed by atoms with Gasteiger partial charge >= 0.3 is 5.97 Å². The third-order valence-electron chi connectivity index (χ3n) is 2.62. The van der Waals surface area contributed by atoms with Gasteiger partial charge in [-0.1, -0.05) is 13.0 Å². The second-order valence-electron chi connectivity index (χ2n) is 4.40. The molecule has 1 aromatic carbocycles. The number of ether oxygens (including phenoxy) is 1. The van der Waals surface area contributed by atoms with Crippen LogP contribution in [0.4, 0.5) is 5.69 Å². The van der Waals surface area contributed by atoms with Crippen molar-refractivity contribution in [2.24, 2.45) is 5.92 Å². The van der Waals surface area contributed by atoms with E-state index in [-0.39, 0.29) is 0 Å². The molecule has 0 aliphatic heterocycles. The molecular formula is C14H19NO4. The Kier molecular flexibility index (Phi) is 5.36. The number of carbonyl (C=O) groups excluding carboxylic acids is 1. The summed E-state index contributed by atoms with van der Waals surface area (Å²) in [5.41, 5.74) is 1.51. The van der Waals surface area contributed by atoms with E-state index in [0.717, 1.165) is 12.0 Å². The van der Waals surface area contributed by atoms with Crippen LogP contribution in [0.5, 0.6) is 5.75 Å². The summed E-state index contributed by atoms with van der Waals surface area (Å²) in [6.07, 6.45) is 0.854. The fraction of sp³-hybridized carbons (Fsp3) is 0.429. The van der Waals surface area contributed by atoms with Crippen molar-refractivity contribution in [3.8, 4) is 5.75 Å². The number of benzene rings is 1. The summed E-state index contributed by atoms with van der Waals surface area (Å²) >= 11 is 0. The van der Waals surface area contributed by atoms with Crippen molar-refractivity contribution < 1.29 is 19.4 Å². The molecule has 19 heavy (non-hydrogen) atoms. The van der Waals surface area contributed by atoms with Crippen LogP contribution in [0.25, 0.3) is 0 Å². The Balaban J connectivity index is 2.87. The van der Waals surface area contributed by atoms with E-state index in [1.807, 2.05) is 26.0 Å². The van der Waals surface area contributed by atoms with Crippen LogP contribution in [0.15, 0.2) is 18.2 Å². The minimum absolute atomic E-state index is 0.497. The molecule has 5 heteroatoms. The van der Waals surface area contributed by atoms with Gasteiger partial charge in [-0.15, -0.1) is 0 Å². The number of anilines is 1. The van der Waals surface area contributed by atoms with E-state index in [9.17, 15) is 9.59 Å². The second kappa shape index (κ2) is 6.78. The zero-order valence-electron chi connectivity index (χ0n) is 11.4. The van der Waals surface area contributed by atoms with Crippen molar-refractivity contribution in [3.63, 3.8) is 0 Å². The molecule has 104 valence electrons. The average molecular weight is 265 g/mol. The SMILES string of the molecule is CCCOc1cc(C)ccc1NC(=O)C(C)C(=O)O. The summed E-state index contributed by atoms with van der Waals surface area (Å²) < 4.78 is 5.55. The van der Waals surface area contributed by atoms with Crippen molar-refractivity contribution in [1.82, 2.24) is 0 Å². The molecule has 1 unspecified atom stereocenters. The van der Waals surface area contributed by atoms with Gasteiger partial charge in [0.15, 0.2) is 0 Å². The van der Waals surface area contributed by atoms with Crippen LogP contribution in [0.2, 0.25) is 0 Å².